The van der Waals surface area contributed by atoms with Crippen molar-refractivity contribution in [1.82, 2.24) is 35.0 Å². The number of aliphatic hydroxyl groups excluding tert-OH is 1. The number of carbonyl (C=O) groups excluding carboxylic acids is 4. The molecule has 4 aromatic rings. The molecule has 3 atom stereocenters. The Balaban J connectivity index is 0.760. The molecule has 10 rings (SSSR count). The summed E-state index contributed by atoms with van der Waals surface area (Å²) in [5.74, 6) is -4.00. The number of carbonyl (C=O) groups is 4. The van der Waals surface area contributed by atoms with Gasteiger partial charge in [-0.1, -0.05) is 18.2 Å². The molecule has 4 amide bonds. The number of hydrogen-bond acceptors (Lipinski definition) is 10. The average Bonchev–Trinajstić information content (AvgIpc) is 3.84. The highest BCUT2D eigenvalue weighted by atomic mass is 19.3. The molecule has 1 spiro atoms. The SMILES string of the molecule is C[C@@H]1Cc2c([nH]c3ccccc23)[C@@H](c2cnc(N3CCC4(CC3)CC(CN3Cc5cc6c(cc5C3)C(=O)N([C@H]3CCC(=O)NC3=O)C6=O)C4)nc2)N1CC(F)(F)CO. The fraction of sp³-hybridized carbons (Fsp3) is 0.488. The molecule has 5 aliphatic heterocycles. The standard InChI is InChI=1S/C43H46F2N8O5/c1-24-12-30-29-4-2-3-5-33(29)48-36(30)37(52(24)22-43(44,45)23-54)28-17-46-41(47-18-28)51-10-8-42(9-11-51)15-25(16-42)19-50-20-26-13-31-32(14-27(26)21-50)40(58)53(39(31)57)34-6-7-35(55)49-38(34)56/h2-5,13-14,17-18,24-25,34,37,48,54H,6-12,15-16,19-23H2,1H3,(H,49,55,56)/t24-,34+,37-/m1/s1. The molecule has 15 heteroatoms. The fourth-order valence-electron chi connectivity index (χ4n) is 10.9. The molecule has 2 saturated heterocycles. The van der Waals surface area contributed by atoms with Crippen LogP contribution in [0.4, 0.5) is 14.7 Å². The molecular formula is C43H46F2N8O5. The number of H-pyrrole nitrogens is 1. The van der Waals surface area contributed by atoms with E-state index in [0.717, 1.165) is 89.1 Å². The number of benzene rings is 2. The van der Waals surface area contributed by atoms with Crippen molar-refractivity contribution in [3.05, 3.63) is 87.9 Å². The van der Waals surface area contributed by atoms with Crippen LogP contribution in [0.5, 0.6) is 0 Å². The molecule has 3 fully saturated rings. The van der Waals surface area contributed by atoms with Gasteiger partial charge in [0.15, 0.2) is 0 Å². The molecule has 302 valence electrons. The third-order valence-electron chi connectivity index (χ3n) is 13.8. The summed E-state index contributed by atoms with van der Waals surface area (Å²) in [4.78, 5) is 71.3. The number of nitrogens with one attached hydrogen (secondary N) is 2. The summed E-state index contributed by atoms with van der Waals surface area (Å²) < 4.78 is 29.5. The highest BCUT2D eigenvalue weighted by Crippen LogP contribution is 2.53. The van der Waals surface area contributed by atoms with Crippen LogP contribution in [-0.4, -0.2) is 109 Å². The van der Waals surface area contributed by atoms with Gasteiger partial charge in [0.1, 0.15) is 12.6 Å². The minimum absolute atomic E-state index is 0.0914. The molecule has 0 unspecified atom stereocenters. The summed E-state index contributed by atoms with van der Waals surface area (Å²) in [6.07, 6.45) is 8.75. The van der Waals surface area contributed by atoms with Crippen molar-refractivity contribution in [2.24, 2.45) is 11.3 Å². The van der Waals surface area contributed by atoms with E-state index >= 15 is 0 Å². The van der Waals surface area contributed by atoms with E-state index in [0.29, 0.717) is 42.5 Å². The van der Waals surface area contributed by atoms with Crippen LogP contribution in [-0.2, 0) is 29.1 Å². The van der Waals surface area contributed by atoms with Gasteiger partial charge in [-0.2, -0.15) is 0 Å². The van der Waals surface area contributed by atoms with E-state index in [4.69, 9.17) is 9.97 Å². The number of fused-ring (bicyclic) bond motifs is 5. The molecule has 58 heavy (non-hydrogen) atoms. The van der Waals surface area contributed by atoms with Gasteiger partial charge in [0, 0.05) is 79.7 Å². The van der Waals surface area contributed by atoms with Crippen LogP contribution in [0.1, 0.15) is 100 Å². The molecule has 0 bridgehead atoms. The molecule has 1 aliphatic carbocycles. The van der Waals surface area contributed by atoms with Crippen LogP contribution in [0.3, 0.4) is 0 Å². The summed E-state index contributed by atoms with van der Waals surface area (Å²) in [6, 6.07) is 9.98. The highest BCUT2D eigenvalue weighted by Gasteiger charge is 2.48. The number of piperidine rings is 2. The van der Waals surface area contributed by atoms with E-state index in [1.165, 1.54) is 0 Å². The van der Waals surface area contributed by atoms with Gasteiger partial charge < -0.3 is 15.0 Å². The summed E-state index contributed by atoms with van der Waals surface area (Å²) in [7, 11) is 0. The Morgan fingerprint density at radius 3 is 2.29 bits per heavy atom. The molecule has 1 saturated carbocycles. The average molecular weight is 793 g/mol. The van der Waals surface area contributed by atoms with Crippen molar-refractivity contribution in [3.63, 3.8) is 0 Å². The van der Waals surface area contributed by atoms with Crippen molar-refractivity contribution in [2.45, 2.75) is 89.0 Å². The minimum atomic E-state index is -3.25. The second-order valence-corrected chi connectivity index (χ2v) is 17.6. The lowest BCUT2D eigenvalue weighted by Crippen LogP contribution is -2.54. The zero-order chi connectivity index (χ0) is 40.1. The van der Waals surface area contributed by atoms with E-state index in [2.05, 4.69) is 26.2 Å². The number of aliphatic hydroxyl groups is 1. The lowest BCUT2D eigenvalue weighted by molar-refractivity contribution is -0.136. The number of halogens is 2. The van der Waals surface area contributed by atoms with Crippen molar-refractivity contribution < 1.29 is 33.1 Å². The van der Waals surface area contributed by atoms with Gasteiger partial charge in [0.05, 0.1) is 23.7 Å². The monoisotopic (exact) mass is 792 g/mol. The number of aromatic amines is 1. The van der Waals surface area contributed by atoms with E-state index < -0.39 is 54.8 Å². The Morgan fingerprint density at radius 2 is 1.64 bits per heavy atom. The first-order valence-electron chi connectivity index (χ1n) is 20.4. The summed E-state index contributed by atoms with van der Waals surface area (Å²) in [6.45, 7) is 4.19. The highest BCUT2D eigenvalue weighted by molar-refractivity contribution is 6.23. The molecular weight excluding hydrogens is 747 g/mol. The maximum atomic E-state index is 14.7. The number of imide groups is 2. The molecule has 7 heterocycles. The first-order chi connectivity index (χ1) is 27.9. The van der Waals surface area contributed by atoms with Crippen LogP contribution >= 0.6 is 0 Å². The Hall–Kier alpha value is -5.12. The molecule has 0 radical (unpaired) electrons. The lowest BCUT2D eigenvalue weighted by Gasteiger charge is -2.53. The second-order valence-electron chi connectivity index (χ2n) is 17.6. The van der Waals surface area contributed by atoms with Gasteiger partial charge in [-0.15, -0.1) is 0 Å². The minimum Gasteiger partial charge on any atom is -0.390 e. The third-order valence-corrected chi connectivity index (χ3v) is 13.8. The zero-order valence-electron chi connectivity index (χ0n) is 32.3. The van der Waals surface area contributed by atoms with Crippen molar-refractivity contribution in [2.75, 3.05) is 37.7 Å². The number of alkyl halides is 2. The molecule has 3 N–H and O–H groups in total. The topological polar surface area (TPSA) is 155 Å². The number of hydrogen-bond donors (Lipinski definition) is 3. The van der Waals surface area contributed by atoms with Crippen LogP contribution in [0.15, 0.2) is 48.8 Å². The van der Waals surface area contributed by atoms with Gasteiger partial charge in [0.25, 0.3) is 17.7 Å². The first kappa shape index (κ1) is 37.2. The molecule has 2 aromatic heterocycles. The zero-order valence-corrected chi connectivity index (χ0v) is 32.3. The van der Waals surface area contributed by atoms with Crippen LogP contribution in [0, 0.1) is 11.3 Å². The van der Waals surface area contributed by atoms with Gasteiger partial charge in [-0.05, 0) is 91.7 Å². The summed E-state index contributed by atoms with van der Waals surface area (Å²) in [5, 5.41) is 12.8. The fourth-order valence-corrected chi connectivity index (χ4v) is 10.9. The molecule has 6 aliphatic rings. The van der Waals surface area contributed by atoms with Crippen molar-refractivity contribution in [1.29, 1.82) is 0 Å². The largest absolute Gasteiger partial charge is 0.390 e. The predicted molar refractivity (Wildman–Crippen MR) is 208 cm³/mol. The summed E-state index contributed by atoms with van der Waals surface area (Å²) in [5.41, 5.74) is 6.70. The molecule has 2 aromatic carbocycles. The van der Waals surface area contributed by atoms with Crippen LogP contribution < -0.4 is 10.2 Å². The second kappa shape index (κ2) is 13.7. The van der Waals surface area contributed by atoms with E-state index in [1.807, 2.05) is 37.3 Å². The number of nitrogens with zero attached hydrogens (tertiary/aromatic N) is 6. The third kappa shape index (κ3) is 6.20. The number of para-hydroxylation sites is 1. The van der Waals surface area contributed by atoms with Crippen molar-refractivity contribution in [3.8, 4) is 0 Å². The Morgan fingerprint density at radius 1 is 0.966 bits per heavy atom. The van der Waals surface area contributed by atoms with E-state index in [1.54, 1.807) is 17.3 Å². The maximum absolute atomic E-state index is 14.7. The number of amides is 4. The van der Waals surface area contributed by atoms with Gasteiger partial charge in [-0.25, -0.2) is 18.7 Å². The predicted octanol–water partition coefficient (Wildman–Crippen LogP) is 4.34. The van der Waals surface area contributed by atoms with Gasteiger partial charge in [0.2, 0.25) is 17.8 Å². The molecule has 13 nitrogen and oxygen atoms in total. The van der Waals surface area contributed by atoms with E-state index in [-0.39, 0.29) is 24.3 Å². The van der Waals surface area contributed by atoms with Crippen LogP contribution in [0.2, 0.25) is 0 Å². The summed E-state index contributed by atoms with van der Waals surface area (Å²) >= 11 is 0. The smallest absolute Gasteiger partial charge is 0.283 e. The first-order valence-corrected chi connectivity index (χ1v) is 20.4. The number of rotatable bonds is 8. The van der Waals surface area contributed by atoms with Gasteiger partial charge >= 0.3 is 0 Å². The maximum Gasteiger partial charge on any atom is 0.283 e. The number of aromatic nitrogens is 3. The Bertz CT molecular complexity index is 2300. The Labute approximate surface area is 333 Å². The normalized spacial score (nSPS) is 25.0. The lowest BCUT2D eigenvalue weighted by atomic mass is 9.57. The quantitative estimate of drug-likeness (QED) is 0.220. The number of anilines is 1. The van der Waals surface area contributed by atoms with Crippen molar-refractivity contribution >= 4 is 40.5 Å². The van der Waals surface area contributed by atoms with Gasteiger partial charge in [-0.3, -0.25) is 39.2 Å². The Kier molecular flexibility index (Phi) is 8.80. The van der Waals surface area contributed by atoms with E-state index in [9.17, 15) is 33.1 Å². The van der Waals surface area contributed by atoms with Crippen LogP contribution in [0.25, 0.3) is 10.9 Å².